The summed E-state index contributed by atoms with van der Waals surface area (Å²) in [6, 6.07) is 21.2. The number of aromatic nitrogens is 2. The van der Waals surface area contributed by atoms with Gasteiger partial charge in [-0.1, -0.05) is 79.9 Å². The second-order valence-corrected chi connectivity index (χ2v) is 6.95. The van der Waals surface area contributed by atoms with E-state index < -0.39 is 6.16 Å². The summed E-state index contributed by atoms with van der Waals surface area (Å²) in [6.07, 6.45) is 6.49. The van der Waals surface area contributed by atoms with Gasteiger partial charge in [-0.05, 0) is 18.4 Å². The van der Waals surface area contributed by atoms with E-state index in [0.29, 0.717) is 6.04 Å². The number of nitrogens with zero attached hydrogens (tertiary/aromatic N) is 2. The predicted molar refractivity (Wildman–Crippen MR) is 114 cm³/mol. The van der Waals surface area contributed by atoms with Crippen LogP contribution in [-0.4, -0.2) is 32.4 Å². The molecule has 0 amide bonds. The fourth-order valence-corrected chi connectivity index (χ4v) is 3.53. The first-order valence-corrected chi connectivity index (χ1v) is 9.80. The molecular weight excluding hydrogens is 366 g/mol. The van der Waals surface area contributed by atoms with Crippen molar-refractivity contribution in [3.63, 3.8) is 0 Å². The van der Waals surface area contributed by atoms with E-state index in [1.165, 1.54) is 32.1 Å². The lowest BCUT2D eigenvalue weighted by atomic mass is 9.96. The molecule has 0 radical (unpaired) electrons. The first-order chi connectivity index (χ1) is 14.1. The Morgan fingerprint density at radius 3 is 2.00 bits per heavy atom. The van der Waals surface area contributed by atoms with Gasteiger partial charge >= 0.3 is 6.16 Å². The van der Waals surface area contributed by atoms with Gasteiger partial charge < -0.3 is 15.5 Å². The maximum atomic E-state index is 8.56. The molecule has 4 rings (SSSR count). The Hall–Kier alpha value is -3.41. The average Bonchev–Trinajstić information content (AvgIpc) is 2.75. The van der Waals surface area contributed by atoms with E-state index in [9.17, 15) is 0 Å². The number of benzene rings is 2. The van der Waals surface area contributed by atoms with E-state index in [-0.39, 0.29) is 0 Å². The predicted octanol–water partition coefficient (Wildman–Crippen LogP) is 5.78. The van der Waals surface area contributed by atoms with Gasteiger partial charge in [0.05, 0.1) is 5.69 Å². The molecular formula is C23H25N3O3. The van der Waals surface area contributed by atoms with Crippen LogP contribution in [0.2, 0.25) is 0 Å². The lowest BCUT2D eigenvalue weighted by molar-refractivity contribution is 0.137. The van der Waals surface area contributed by atoms with E-state index >= 15 is 0 Å². The summed E-state index contributed by atoms with van der Waals surface area (Å²) >= 11 is 0. The lowest BCUT2D eigenvalue weighted by Crippen LogP contribution is -2.23. The fourth-order valence-electron chi connectivity index (χ4n) is 3.53. The van der Waals surface area contributed by atoms with E-state index in [1.807, 2.05) is 18.3 Å². The minimum absolute atomic E-state index is 0.500. The highest BCUT2D eigenvalue weighted by molar-refractivity contribution is 5.80. The Morgan fingerprint density at radius 1 is 0.862 bits per heavy atom. The summed E-state index contributed by atoms with van der Waals surface area (Å²) in [5.41, 5.74) is 4.32. The average molecular weight is 391 g/mol. The molecule has 3 aromatic rings. The van der Waals surface area contributed by atoms with Gasteiger partial charge in [0, 0.05) is 23.4 Å². The highest BCUT2D eigenvalue weighted by Gasteiger charge is 2.16. The zero-order valence-electron chi connectivity index (χ0n) is 16.2. The third kappa shape index (κ3) is 6.04. The molecule has 0 atom stereocenters. The molecule has 3 N–H and O–H groups in total. The molecule has 1 aromatic heterocycles. The molecule has 0 bridgehead atoms. The SMILES string of the molecule is O=C(O)O.c1ccc(-c2cnc(NC3CCCCC3)nc2-c2ccccc2)cc1. The van der Waals surface area contributed by atoms with Gasteiger partial charge in [-0.3, -0.25) is 0 Å². The van der Waals surface area contributed by atoms with Crippen LogP contribution in [0.4, 0.5) is 10.7 Å². The summed E-state index contributed by atoms with van der Waals surface area (Å²) in [7, 11) is 0. The Kier molecular flexibility index (Phi) is 7.16. The summed E-state index contributed by atoms with van der Waals surface area (Å²) in [4.78, 5) is 18.1. The van der Waals surface area contributed by atoms with Gasteiger partial charge in [0.15, 0.2) is 0 Å². The monoisotopic (exact) mass is 391 g/mol. The quantitative estimate of drug-likeness (QED) is 0.522. The number of carbonyl (C=O) groups is 1. The molecule has 150 valence electrons. The minimum atomic E-state index is -1.83. The summed E-state index contributed by atoms with van der Waals surface area (Å²) < 4.78 is 0. The molecule has 0 saturated heterocycles. The van der Waals surface area contributed by atoms with Crippen LogP contribution in [0.3, 0.4) is 0 Å². The molecule has 1 heterocycles. The number of hydrogen-bond acceptors (Lipinski definition) is 4. The van der Waals surface area contributed by atoms with Gasteiger partial charge in [-0.2, -0.15) is 0 Å². The molecule has 1 aliphatic rings. The Bertz CT molecular complexity index is 907. The van der Waals surface area contributed by atoms with Crippen molar-refractivity contribution in [2.24, 2.45) is 0 Å². The number of rotatable bonds is 4. The molecule has 29 heavy (non-hydrogen) atoms. The maximum absolute atomic E-state index is 8.56. The standard InChI is InChI=1S/C22H23N3.CH2O3/c1-4-10-17(11-5-1)20-16-23-22(24-19-14-8-3-9-15-19)25-21(20)18-12-6-2-7-13-18;2-1(3)4/h1-2,4-7,10-13,16,19H,3,8-9,14-15H2,(H,23,24,25);(H2,2,3,4). The van der Waals surface area contributed by atoms with Crippen LogP contribution < -0.4 is 5.32 Å². The van der Waals surface area contributed by atoms with Crippen molar-refractivity contribution in [3.05, 3.63) is 66.9 Å². The highest BCUT2D eigenvalue weighted by Crippen LogP contribution is 2.31. The fraction of sp³-hybridized carbons (Fsp3) is 0.261. The molecule has 1 fully saturated rings. The van der Waals surface area contributed by atoms with E-state index in [0.717, 1.165) is 28.3 Å². The molecule has 1 saturated carbocycles. The van der Waals surface area contributed by atoms with Crippen LogP contribution in [-0.2, 0) is 0 Å². The van der Waals surface area contributed by atoms with Crippen LogP contribution in [0.1, 0.15) is 32.1 Å². The van der Waals surface area contributed by atoms with E-state index in [4.69, 9.17) is 20.0 Å². The van der Waals surface area contributed by atoms with Crippen LogP contribution in [0.15, 0.2) is 66.9 Å². The summed E-state index contributed by atoms with van der Waals surface area (Å²) in [6.45, 7) is 0. The Balaban J connectivity index is 0.000000552. The first-order valence-electron chi connectivity index (χ1n) is 9.80. The van der Waals surface area contributed by atoms with Crippen molar-refractivity contribution < 1.29 is 15.0 Å². The molecule has 2 aromatic carbocycles. The zero-order chi connectivity index (χ0) is 20.5. The number of anilines is 1. The topological polar surface area (TPSA) is 95.3 Å². The molecule has 6 heteroatoms. The second kappa shape index (κ2) is 10.2. The third-order valence-electron chi connectivity index (χ3n) is 4.86. The molecule has 0 aliphatic heterocycles. The number of hydrogen-bond donors (Lipinski definition) is 3. The van der Waals surface area contributed by atoms with Crippen LogP contribution >= 0.6 is 0 Å². The van der Waals surface area contributed by atoms with Crippen molar-refractivity contribution >= 4 is 12.1 Å². The zero-order valence-corrected chi connectivity index (χ0v) is 16.2. The van der Waals surface area contributed by atoms with Gasteiger partial charge in [-0.15, -0.1) is 0 Å². The molecule has 0 spiro atoms. The molecule has 6 nitrogen and oxygen atoms in total. The number of nitrogens with one attached hydrogen (secondary N) is 1. The van der Waals surface area contributed by atoms with Crippen molar-refractivity contribution in [3.8, 4) is 22.4 Å². The number of carboxylic acid groups (broad SMARTS) is 2. The van der Waals surface area contributed by atoms with Gasteiger partial charge in [0.25, 0.3) is 0 Å². The normalized spacial score (nSPS) is 13.8. The van der Waals surface area contributed by atoms with Crippen molar-refractivity contribution in [1.82, 2.24) is 9.97 Å². The van der Waals surface area contributed by atoms with Gasteiger partial charge in [0.1, 0.15) is 0 Å². The summed E-state index contributed by atoms with van der Waals surface area (Å²) in [5, 5.41) is 17.5. The van der Waals surface area contributed by atoms with Gasteiger partial charge in [-0.25, -0.2) is 14.8 Å². The minimum Gasteiger partial charge on any atom is -0.450 e. The van der Waals surface area contributed by atoms with Gasteiger partial charge in [0.2, 0.25) is 5.95 Å². The maximum Gasteiger partial charge on any atom is 0.503 e. The van der Waals surface area contributed by atoms with Crippen LogP contribution in [0.25, 0.3) is 22.4 Å². The highest BCUT2D eigenvalue weighted by atomic mass is 16.6. The first kappa shape index (κ1) is 20.3. The Labute approximate surface area is 170 Å². The molecule has 1 aliphatic carbocycles. The molecule has 0 unspecified atom stereocenters. The van der Waals surface area contributed by atoms with E-state index in [1.54, 1.807) is 0 Å². The summed E-state index contributed by atoms with van der Waals surface area (Å²) in [5.74, 6) is 0.741. The lowest BCUT2D eigenvalue weighted by Gasteiger charge is -2.23. The third-order valence-corrected chi connectivity index (χ3v) is 4.86. The van der Waals surface area contributed by atoms with Crippen molar-refractivity contribution in [1.29, 1.82) is 0 Å². The van der Waals surface area contributed by atoms with Crippen molar-refractivity contribution in [2.75, 3.05) is 5.32 Å². The Morgan fingerprint density at radius 2 is 1.41 bits per heavy atom. The van der Waals surface area contributed by atoms with E-state index in [2.05, 4.69) is 58.8 Å². The smallest absolute Gasteiger partial charge is 0.450 e. The van der Waals surface area contributed by atoms with Crippen LogP contribution in [0, 0.1) is 0 Å². The second-order valence-electron chi connectivity index (χ2n) is 6.95. The largest absolute Gasteiger partial charge is 0.503 e. The van der Waals surface area contributed by atoms with Crippen molar-refractivity contribution in [2.45, 2.75) is 38.1 Å². The van der Waals surface area contributed by atoms with Crippen LogP contribution in [0.5, 0.6) is 0 Å².